The van der Waals surface area contributed by atoms with Crippen LogP contribution in [0.2, 0.25) is 0 Å². The minimum atomic E-state index is -4.90. The molecule has 0 spiro atoms. The minimum absolute atomic E-state index is 0.456. The van der Waals surface area contributed by atoms with Crippen LogP contribution in [0.25, 0.3) is 10.8 Å². The topological polar surface area (TPSA) is 9.23 Å². The summed E-state index contributed by atoms with van der Waals surface area (Å²) in [5.41, 5.74) is 1.18. The fourth-order valence-corrected chi connectivity index (χ4v) is 5.77. The Kier molecular flexibility index (Phi) is 6.26. The SMILES string of the molecule is CCCCC1CCC2CC(c3ccc4cc(OC(F)(F)F)c(F)cc4c3)CCC2C1. The van der Waals surface area contributed by atoms with Crippen LogP contribution in [0.5, 0.6) is 5.75 Å². The fourth-order valence-electron chi connectivity index (χ4n) is 5.77. The van der Waals surface area contributed by atoms with Crippen LogP contribution in [-0.2, 0) is 0 Å². The summed E-state index contributed by atoms with van der Waals surface area (Å²) in [6.07, 6.45) is 6.70. The van der Waals surface area contributed by atoms with Gasteiger partial charge in [0.05, 0.1) is 0 Å². The summed E-state index contributed by atoms with van der Waals surface area (Å²) in [6, 6.07) is 8.03. The van der Waals surface area contributed by atoms with Crippen molar-refractivity contribution in [3.8, 4) is 5.75 Å². The first-order valence-electron chi connectivity index (χ1n) is 11.3. The molecule has 0 radical (unpaired) electrons. The number of rotatable bonds is 5. The Hall–Kier alpha value is -1.78. The molecule has 2 aliphatic carbocycles. The minimum Gasteiger partial charge on any atom is -0.403 e. The lowest BCUT2D eigenvalue weighted by atomic mass is 9.63. The average molecular weight is 423 g/mol. The van der Waals surface area contributed by atoms with E-state index in [0.29, 0.717) is 16.7 Å². The van der Waals surface area contributed by atoms with Crippen molar-refractivity contribution >= 4 is 10.8 Å². The molecule has 4 unspecified atom stereocenters. The van der Waals surface area contributed by atoms with Crippen molar-refractivity contribution in [2.24, 2.45) is 17.8 Å². The molecular formula is C25H30F4O. The molecular weight excluding hydrogens is 392 g/mol. The Labute approximate surface area is 175 Å². The van der Waals surface area contributed by atoms with E-state index >= 15 is 0 Å². The van der Waals surface area contributed by atoms with Crippen molar-refractivity contribution in [1.82, 2.24) is 0 Å². The highest BCUT2D eigenvalue weighted by atomic mass is 19.4. The number of unbranched alkanes of at least 4 members (excludes halogenated alkanes) is 1. The van der Waals surface area contributed by atoms with Gasteiger partial charge in [0, 0.05) is 0 Å². The maximum Gasteiger partial charge on any atom is 0.573 e. The van der Waals surface area contributed by atoms with Crippen LogP contribution >= 0.6 is 0 Å². The molecule has 0 saturated heterocycles. The Morgan fingerprint density at radius 1 is 0.933 bits per heavy atom. The van der Waals surface area contributed by atoms with Gasteiger partial charge in [-0.05, 0) is 84.2 Å². The Morgan fingerprint density at radius 3 is 2.47 bits per heavy atom. The summed E-state index contributed by atoms with van der Waals surface area (Å²) in [6.45, 7) is 2.26. The molecule has 4 atom stereocenters. The third kappa shape index (κ3) is 4.92. The largest absolute Gasteiger partial charge is 0.573 e. The molecule has 5 heteroatoms. The molecule has 0 bridgehead atoms. The van der Waals surface area contributed by atoms with Gasteiger partial charge in [0.1, 0.15) is 0 Å². The first-order valence-corrected chi connectivity index (χ1v) is 11.3. The lowest BCUT2D eigenvalue weighted by Gasteiger charge is -2.42. The summed E-state index contributed by atoms with van der Waals surface area (Å²) >= 11 is 0. The molecule has 2 aromatic carbocycles. The van der Waals surface area contributed by atoms with Crippen LogP contribution in [-0.4, -0.2) is 6.36 Å². The number of fused-ring (bicyclic) bond motifs is 2. The Morgan fingerprint density at radius 2 is 1.70 bits per heavy atom. The van der Waals surface area contributed by atoms with Gasteiger partial charge in [0.15, 0.2) is 11.6 Å². The smallest absolute Gasteiger partial charge is 0.403 e. The standard InChI is InChI=1S/C25H30F4O/c1-2-3-4-16-5-6-18-12-19(8-7-17(18)11-16)20-9-10-21-15-24(30-25(27,28)29)23(26)14-22(21)13-20/h9-10,13-19H,2-8,11-12H2,1H3. The number of halogens is 4. The van der Waals surface area contributed by atoms with Crippen molar-refractivity contribution in [2.75, 3.05) is 0 Å². The van der Waals surface area contributed by atoms with Crippen molar-refractivity contribution in [3.63, 3.8) is 0 Å². The molecule has 0 aromatic heterocycles. The molecule has 1 nitrogen and oxygen atoms in total. The second-order valence-corrected chi connectivity index (χ2v) is 9.29. The van der Waals surface area contributed by atoms with Crippen molar-refractivity contribution in [2.45, 2.75) is 77.0 Å². The van der Waals surface area contributed by atoms with E-state index in [1.54, 1.807) is 6.07 Å². The number of alkyl halides is 3. The van der Waals surface area contributed by atoms with Gasteiger partial charge in [-0.1, -0.05) is 50.8 Å². The maximum atomic E-state index is 14.1. The molecule has 0 amide bonds. The third-order valence-corrected chi connectivity index (χ3v) is 7.30. The van der Waals surface area contributed by atoms with Crippen LogP contribution < -0.4 is 4.74 Å². The monoisotopic (exact) mass is 422 g/mol. The van der Waals surface area contributed by atoms with E-state index in [1.165, 1.54) is 56.9 Å². The highest BCUT2D eigenvalue weighted by molar-refractivity contribution is 5.85. The molecule has 0 aliphatic heterocycles. The van der Waals surface area contributed by atoms with Gasteiger partial charge >= 0.3 is 6.36 Å². The zero-order valence-electron chi connectivity index (χ0n) is 17.5. The highest BCUT2D eigenvalue weighted by Crippen LogP contribution is 2.48. The summed E-state index contributed by atoms with van der Waals surface area (Å²) in [7, 11) is 0. The Balaban J connectivity index is 1.46. The van der Waals surface area contributed by atoms with Crippen LogP contribution in [0.4, 0.5) is 17.6 Å². The van der Waals surface area contributed by atoms with Gasteiger partial charge in [0.25, 0.3) is 0 Å². The summed E-state index contributed by atoms with van der Waals surface area (Å²) in [5, 5.41) is 1.19. The number of ether oxygens (including phenoxy) is 1. The van der Waals surface area contributed by atoms with Crippen LogP contribution in [0, 0.1) is 23.6 Å². The van der Waals surface area contributed by atoms with E-state index in [0.717, 1.165) is 36.3 Å². The van der Waals surface area contributed by atoms with Crippen LogP contribution in [0.3, 0.4) is 0 Å². The van der Waals surface area contributed by atoms with Crippen LogP contribution in [0.1, 0.15) is 76.2 Å². The van der Waals surface area contributed by atoms with Gasteiger partial charge in [-0.15, -0.1) is 13.2 Å². The van der Waals surface area contributed by atoms with E-state index in [2.05, 4.69) is 11.7 Å². The molecule has 164 valence electrons. The molecule has 0 heterocycles. The van der Waals surface area contributed by atoms with Gasteiger partial charge in [-0.2, -0.15) is 0 Å². The Bertz CT molecular complexity index is 875. The molecule has 2 aromatic rings. The first-order chi connectivity index (χ1) is 14.3. The molecule has 2 saturated carbocycles. The summed E-state index contributed by atoms with van der Waals surface area (Å²) in [5.74, 6) is 1.22. The molecule has 30 heavy (non-hydrogen) atoms. The van der Waals surface area contributed by atoms with Gasteiger partial charge < -0.3 is 4.74 Å². The molecule has 4 rings (SSSR count). The normalized spacial score (nSPS) is 27.1. The molecule has 2 fully saturated rings. The zero-order chi connectivity index (χ0) is 21.3. The van der Waals surface area contributed by atoms with Gasteiger partial charge in [0.2, 0.25) is 0 Å². The predicted molar refractivity (Wildman–Crippen MR) is 111 cm³/mol. The van der Waals surface area contributed by atoms with Gasteiger partial charge in [-0.3, -0.25) is 0 Å². The zero-order valence-corrected chi connectivity index (χ0v) is 17.5. The van der Waals surface area contributed by atoms with E-state index in [1.807, 2.05) is 12.1 Å². The number of hydrogen-bond acceptors (Lipinski definition) is 1. The maximum absolute atomic E-state index is 14.1. The van der Waals surface area contributed by atoms with Gasteiger partial charge in [-0.25, -0.2) is 4.39 Å². The lowest BCUT2D eigenvalue weighted by molar-refractivity contribution is -0.275. The average Bonchev–Trinajstić information content (AvgIpc) is 2.71. The van der Waals surface area contributed by atoms with E-state index < -0.39 is 17.9 Å². The van der Waals surface area contributed by atoms with Crippen LogP contribution in [0.15, 0.2) is 30.3 Å². The summed E-state index contributed by atoms with van der Waals surface area (Å²) < 4.78 is 55.3. The van der Waals surface area contributed by atoms with Crippen molar-refractivity contribution < 1.29 is 22.3 Å². The lowest BCUT2D eigenvalue weighted by Crippen LogP contribution is -2.30. The number of hydrogen-bond donors (Lipinski definition) is 0. The predicted octanol–water partition coefficient (Wildman–Crippen LogP) is 8.37. The number of benzene rings is 2. The van der Waals surface area contributed by atoms with E-state index in [9.17, 15) is 17.6 Å². The van der Waals surface area contributed by atoms with E-state index in [-0.39, 0.29) is 0 Å². The second-order valence-electron chi connectivity index (χ2n) is 9.29. The second kappa shape index (κ2) is 8.76. The highest BCUT2D eigenvalue weighted by Gasteiger charge is 2.36. The molecule has 0 N–H and O–H groups in total. The van der Waals surface area contributed by atoms with Crippen molar-refractivity contribution in [1.29, 1.82) is 0 Å². The quantitative estimate of drug-likeness (QED) is 0.440. The van der Waals surface area contributed by atoms with E-state index in [4.69, 9.17) is 0 Å². The first kappa shape index (κ1) is 21.5. The molecule has 2 aliphatic rings. The fraction of sp³-hybridized carbons (Fsp3) is 0.600. The summed E-state index contributed by atoms with van der Waals surface area (Å²) in [4.78, 5) is 0. The third-order valence-electron chi connectivity index (χ3n) is 7.30. The van der Waals surface area contributed by atoms with Crippen molar-refractivity contribution in [3.05, 3.63) is 41.7 Å².